The SMILES string of the molecule is CCS/C(N)=N/N=C/c1cccc(Br)c1. The van der Waals surface area contributed by atoms with Crippen molar-refractivity contribution in [2.45, 2.75) is 6.92 Å². The fourth-order valence-corrected chi connectivity index (χ4v) is 1.73. The van der Waals surface area contributed by atoms with Gasteiger partial charge in [0.25, 0.3) is 0 Å². The van der Waals surface area contributed by atoms with Crippen LogP contribution in [0.3, 0.4) is 0 Å². The number of hydrogen-bond acceptors (Lipinski definition) is 3. The normalized spacial score (nSPS) is 12.3. The Morgan fingerprint density at radius 3 is 3.07 bits per heavy atom. The van der Waals surface area contributed by atoms with Crippen LogP contribution < -0.4 is 5.73 Å². The summed E-state index contributed by atoms with van der Waals surface area (Å²) in [7, 11) is 0. The van der Waals surface area contributed by atoms with Crippen LogP contribution in [0.15, 0.2) is 38.9 Å². The van der Waals surface area contributed by atoms with Crippen LogP contribution >= 0.6 is 27.7 Å². The molecular weight excluding hydrogens is 274 g/mol. The summed E-state index contributed by atoms with van der Waals surface area (Å²) in [6.45, 7) is 2.02. The minimum atomic E-state index is 0.490. The number of nitrogens with two attached hydrogens (primary N) is 1. The van der Waals surface area contributed by atoms with Crippen LogP contribution in [0.2, 0.25) is 0 Å². The molecule has 0 fully saturated rings. The van der Waals surface area contributed by atoms with E-state index < -0.39 is 0 Å². The Hall–Kier alpha value is -0.810. The van der Waals surface area contributed by atoms with Crippen molar-refractivity contribution in [3.05, 3.63) is 34.3 Å². The van der Waals surface area contributed by atoms with Gasteiger partial charge in [-0.05, 0) is 23.4 Å². The zero-order chi connectivity index (χ0) is 11.1. The van der Waals surface area contributed by atoms with Gasteiger partial charge >= 0.3 is 0 Å². The number of amidine groups is 1. The molecular formula is C10H12BrN3S. The van der Waals surface area contributed by atoms with Gasteiger partial charge in [-0.3, -0.25) is 0 Å². The molecule has 1 rings (SSSR count). The minimum Gasteiger partial charge on any atom is -0.377 e. The molecule has 80 valence electrons. The van der Waals surface area contributed by atoms with Crippen LogP contribution in [0, 0.1) is 0 Å². The molecule has 0 saturated carbocycles. The lowest BCUT2D eigenvalue weighted by atomic mass is 10.2. The summed E-state index contributed by atoms with van der Waals surface area (Å²) >= 11 is 4.86. The van der Waals surface area contributed by atoms with E-state index in [0.29, 0.717) is 5.17 Å². The Bertz CT molecular complexity index is 377. The first-order valence-corrected chi connectivity index (χ1v) is 6.25. The molecule has 0 aliphatic heterocycles. The van der Waals surface area contributed by atoms with Crippen LogP contribution in [-0.2, 0) is 0 Å². The second kappa shape index (κ2) is 6.63. The van der Waals surface area contributed by atoms with Crippen molar-refractivity contribution in [1.29, 1.82) is 0 Å². The largest absolute Gasteiger partial charge is 0.377 e. The third kappa shape index (κ3) is 4.99. The number of halogens is 1. The first-order chi connectivity index (χ1) is 7.22. The smallest absolute Gasteiger partial charge is 0.180 e. The summed E-state index contributed by atoms with van der Waals surface area (Å²) in [6, 6.07) is 7.82. The molecule has 0 atom stereocenters. The van der Waals surface area contributed by atoms with Crippen molar-refractivity contribution in [3.63, 3.8) is 0 Å². The second-order valence-corrected chi connectivity index (χ2v) is 4.87. The third-order valence-corrected chi connectivity index (χ3v) is 2.66. The molecule has 3 nitrogen and oxygen atoms in total. The van der Waals surface area contributed by atoms with Crippen molar-refractivity contribution >= 4 is 39.1 Å². The Kier molecular flexibility index (Phi) is 5.42. The summed E-state index contributed by atoms with van der Waals surface area (Å²) < 4.78 is 1.02. The topological polar surface area (TPSA) is 50.7 Å². The predicted octanol–water partition coefficient (Wildman–Crippen LogP) is 2.85. The van der Waals surface area contributed by atoms with Gasteiger partial charge in [0.15, 0.2) is 5.17 Å². The zero-order valence-corrected chi connectivity index (χ0v) is 10.8. The first kappa shape index (κ1) is 12.3. The van der Waals surface area contributed by atoms with Gasteiger partial charge < -0.3 is 5.73 Å². The lowest BCUT2D eigenvalue weighted by Gasteiger charge is -1.93. The summed E-state index contributed by atoms with van der Waals surface area (Å²) in [5.41, 5.74) is 6.56. The molecule has 0 radical (unpaired) electrons. The lowest BCUT2D eigenvalue weighted by Crippen LogP contribution is -2.05. The number of hydrogen-bond donors (Lipinski definition) is 1. The van der Waals surface area contributed by atoms with E-state index >= 15 is 0 Å². The summed E-state index contributed by atoms with van der Waals surface area (Å²) in [4.78, 5) is 0. The van der Waals surface area contributed by atoms with Gasteiger partial charge in [0.05, 0.1) is 6.21 Å². The molecule has 15 heavy (non-hydrogen) atoms. The highest BCUT2D eigenvalue weighted by molar-refractivity contribution is 9.10. The highest BCUT2D eigenvalue weighted by Gasteiger charge is 1.90. The van der Waals surface area contributed by atoms with Gasteiger partial charge in [0.1, 0.15) is 0 Å². The number of nitrogens with zero attached hydrogens (tertiary/aromatic N) is 2. The minimum absolute atomic E-state index is 0.490. The van der Waals surface area contributed by atoms with E-state index in [1.165, 1.54) is 11.8 Å². The highest BCUT2D eigenvalue weighted by atomic mass is 79.9. The highest BCUT2D eigenvalue weighted by Crippen LogP contribution is 2.10. The predicted molar refractivity (Wildman–Crippen MR) is 71.5 cm³/mol. The maximum atomic E-state index is 5.57. The molecule has 0 aliphatic carbocycles. The molecule has 0 amide bonds. The van der Waals surface area contributed by atoms with Crippen LogP contribution in [0.1, 0.15) is 12.5 Å². The third-order valence-electron chi connectivity index (χ3n) is 1.50. The Labute approximate surface area is 102 Å². The fraction of sp³-hybridized carbons (Fsp3) is 0.200. The van der Waals surface area contributed by atoms with Crippen molar-refractivity contribution in [1.82, 2.24) is 0 Å². The molecule has 0 aromatic heterocycles. The van der Waals surface area contributed by atoms with Gasteiger partial charge in [-0.25, -0.2) is 0 Å². The van der Waals surface area contributed by atoms with Gasteiger partial charge in [0.2, 0.25) is 0 Å². The van der Waals surface area contributed by atoms with E-state index in [1.54, 1.807) is 6.21 Å². The van der Waals surface area contributed by atoms with E-state index in [9.17, 15) is 0 Å². The number of benzene rings is 1. The molecule has 1 aromatic carbocycles. The average molecular weight is 286 g/mol. The van der Waals surface area contributed by atoms with Crippen LogP contribution in [-0.4, -0.2) is 17.1 Å². The van der Waals surface area contributed by atoms with Crippen molar-refractivity contribution < 1.29 is 0 Å². The maximum absolute atomic E-state index is 5.57. The van der Waals surface area contributed by atoms with Crippen LogP contribution in [0.25, 0.3) is 0 Å². The second-order valence-electron chi connectivity index (χ2n) is 2.67. The fourth-order valence-electron chi connectivity index (χ4n) is 0.916. The maximum Gasteiger partial charge on any atom is 0.180 e. The Morgan fingerprint density at radius 1 is 1.60 bits per heavy atom. The molecule has 0 heterocycles. The van der Waals surface area contributed by atoms with E-state index in [1.807, 2.05) is 31.2 Å². The van der Waals surface area contributed by atoms with Crippen molar-refractivity contribution in [2.24, 2.45) is 15.9 Å². The van der Waals surface area contributed by atoms with Gasteiger partial charge in [-0.1, -0.05) is 46.7 Å². The number of rotatable bonds is 3. The molecule has 1 aromatic rings. The monoisotopic (exact) mass is 285 g/mol. The van der Waals surface area contributed by atoms with E-state index in [4.69, 9.17) is 5.73 Å². The van der Waals surface area contributed by atoms with Crippen LogP contribution in [0.5, 0.6) is 0 Å². The molecule has 0 aliphatic rings. The summed E-state index contributed by atoms with van der Waals surface area (Å²) in [5.74, 6) is 0.905. The molecule has 2 N–H and O–H groups in total. The van der Waals surface area contributed by atoms with Crippen LogP contribution in [0.4, 0.5) is 0 Å². The van der Waals surface area contributed by atoms with Gasteiger partial charge in [0, 0.05) is 4.47 Å². The summed E-state index contributed by atoms with van der Waals surface area (Å²) in [5, 5.41) is 8.24. The molecule has 5 heteroatoms. The molecule has 0 unspecified atom stereocenters. The van der Waals surface area contributed by atoms with Crippen molar-refractivity contribution in [2.75, 3.05) is 5.75 Å². The first-order valence-electron chi connectivity index (χ1n) is 4.47. The molecule has 0 spiro atoms. The van der Waals surface area contributed by atoms with Gasteiger partial charge in [-0.15, -0.1) is 5.10 Å². The van der Waals surface area contributed by atoms with E-state index in [0.717, 1.165) is 15.8 Å². The molecule has 0 saturated heterocycles. The Balaban J connectivity index is 2.62. The molecule has 0 bridgehead atoms. The van der Waals surface area contributed by atoms with E-state index in [2.05, 4.69) is 26.1 Å². The zero-order valence-electron chi connectivity index (χ0n) is 8.35. The Morgan fingerprint density at radius 2 is 2.40 bits per heavy atom. The van der Waals surface area contributed by atoms with E-state index in [-0.39, 0.29) is 0 Å². The summed E-state index contributed by atoms with van der Waals surface area (Å²) in [6.07, 6.45) is 1.67. The number of thioether (sulfide) groups is 1. The standard InChI is InChI=1S/C10H12BrN3S/c1-2-15-10(12)14-13-7-8-4-3-5-9(11)6-8/h3-7H,2H2,1H3,(H2,12,14)/b13-7+. The average Bonchev–Trinajstić information content (AvgIpc) is 2.18. The quantitative estimate of drug-likeness (QED) is 0.527. The lowest BCUT2D eigenvalue weighted by molar-refractivity contribution is 1.25. The van der Waals surface area contributed by atoms with Gasteiger partial charge in [-0.2, -0.15) is 5.10 Å². The van der Waals surface area contributed by atoms with Crippen molar-refractivity contribution in [3.8, 4) is 0 Å².